The molecule has 0 fully saturated rings. The van der Waals surface area contributed by atoms with Gasteiger partial charge in [0.25, 0.3) is 5.56 Å². The monoisotopic (exact) mass is 346 g/mol. The normalized spacial score (nSPS) is 17.4. The van der Waals surface area contributed by atoms with Gasteiger partial charge in [0.2, 0.25) is 0 Å². The minimum Gasteiger partial charge on any atom is -0.323 e. The molecule has 1 aliphatic rings. The molecule has 0 saturated carbocycles. The van der Waals surface area contributed by atoms with E-state index in [1.165, 1.54) is 21.6 Å². The van der Waals surface area contributed by atoms with E-state index in [-0.39, 0.29) is 11.4 Å². The highest BCUT2D eigenvalue weighted by atomic mass is 32.1. The lowest BCUT2D eigenvalue weighted by atomic mass is 9.89. The number of aryl methyl sites for hydroxylation is 1. The third kappa shape index (κ3) is 2.37. The van der Waals surface area contributed by atoms with Crippen molar-refractivity contribution >= 4 is 33.8 Å². The maximum Gasteiger partial charge on any atom is 0.267 e. The first-order chi connectivity index (χ1) is 11.0. The minimum absolute atomic E-state index is 0.109. The quantitative estimate of drug-likeness (QED) is 0.664. The number of nitrogens with zero attached hydrogens (tertiary/aromatic N) is 1. The fourth-order valence-electron chi connectivity index (χ4n) is 3.25. The van der Waals surface area contributed by atoms with E-state index in [1.54, 1.807) is 23.5 Å². The molecular formula is C17H15FN2OS2. The summed E-state index contributed by atoms with van der Waals surface area (Å²) in [5.41, 5.74) is 1.64. The molecule has 0 saturated heterocycles. The molecule has 3 aromatic rings. The highest BCUT2D eigenvalue weighted by molar-refractivity contribution is 7.71. The van der Waals surface area contributed by atoms with Crippen LogP contribution < -0.4 is 5.56 Å². The zero-order chi connectivity index (χ0) is 16.1. The smallest absolute Gasteiger partial charge is 0.267 e. The second-order valence-corrected chi connectivity index (χ2v) is 7.59. The third-order valence-corrected chi connectivity index (χ3v) is 5.89. The highest BCUT2D eigenvalue weighted by Crippen LogP contribution is 2.35. The van der Waals surface area contributed by atoms with Crippen molar-refractivity contribution in [1.82, 2.24) is 9.55 Å². The van der Waals surface area contributed by atoms with E-state index in [4.69, 9.17) is 12.2 Å². The van der Waals surface area contributed by atoms with Gasteiger partial charge < -0.3 is 4.98 Å². The number of hydrogen-bond acceptors (Lipinski definition) is 3. The van der Waals surface area contributed by atoms with Crippen molar-refractivity contribution in [2.45, 2.75) is 26.2 Å². The Bertz CT molecular complexity index is 1010. The molecule has 3 nitrogen and oxygen atoms in total. The van der Waals surface area contributed by atoms with Crippen LogP contribution in [0.4, 0.5) is 4.39 Å². The van der Waals surface area contributed by atoms with Crippen LogP contribution >= 0.6 is 23.6 Å². The fourth-order valence-corrected chi connectivity index (χ4v) is 5.00. The van der Waals surface area contributed by atoms with Crippen molar-refractivity contribution in [1.29, 1.82) is 0 Å². The van der Waals surface area contributed by atoms with Gasteiger partial charge in [-0.05, 0) is 67.2 Å². The number of fused-ring (bicyclic) bond motifs is 3. The summed E-state index contributed by atoms with van der Waals surface area (Å²) in [6.07, 6.45) is 3.05. The molecule has 1 unspecified atom stereocenters. The van der Waals surface area contributed by atoms with Crippen molar-refractivity contribution in [2.24, 2.45) is 5.92 Å². The topological polar surface area (TPSA) is 37.8 Å². The van der Waals surface area contributed by atoms with Gasteiger partial charge >= 0.3 is 0 Å². The van der Waals surface area contributed by atoms with Crippen molar-refractivity contribution < 1.29 is 4.39 Å². The fraction of sp³-hybridized carbons (Fsp3) is 0.294. The number of hydrogen-bond donors (Lipinski definition) is 1. The number of aromatic nitrogens is 2. The summed E-state index contributed by atoms with van der Waals surface area (Å²) in [4.78, 5) is 18.4. The van der Waals surface area contributed by atoms with E-state index >= 15 is 0 Å². The Kier molecular flexibility index (Phi) is 3.46. The maximum atomic E-state index is 13.1. The summed E-state index contributed by atoms with van der Waals surface area (Å²) in [7, 11) is 0. The molecular weight excluding hydrogens is 331 g/mol. The minimum atomic E-state index is -0.334. The van der Waals surface area contributed by atoms with Crippen LogP contribution in [0, 0.1) is 16.5 Å². The molecule has 1 N–H and O–H groups in total. The number of H-pyrrole nitrogens is 1. The van der Waals surface area contributed by atoms with Gasteiger partial charge in [-0.2, -0.15) is 0 Å². The van der Waals surface area contributed by atoms with Crippen molar-refractivity contribution in [2.75, 3.05) is 0 Å². The first kappa shape index (κ1) is 14.8. The van der Waals surface area contributed by atoms with Gasteiger partial charge in [0.05, 0.1) is 11.1 Å². The number of rotatable bonds is 1. The van der Waals surface area contributed by atoms with Gasteiger partial charge in [-0.25, -0.2) is 4.39 Å². The second kappa shape index (κ2) is 5.39. The molecule has 0 radical (unpaired) electrons. The van der Waals surface area contributed by atoms with Crippen LogP contribution in [0.1, 0.15) is 23.8 Å². The molecule has 118 valence electrons. The SMILES string of the molecule is CC1CCc2c(sc3[nH]c(=S)n(-c4ccc(F)cc4)c(=O)c23)C1. The summed E-state index contributed by atoms with van der Waals surface area (Å²) in [5.74, 6) is 0.317. The van der Waals surface area contributed by atoms with Crippen LogP contribution in [-0.2, 0) is 12.8 Å². The largest absolute Gasteiger partial charge is 0.323 e. The zero-order valence-electron chi connectivity index (χ0n) is 12.6. The molecule has 1 aliphatic carbocycles. The predicted molar refractivity (Wildman–Crippen MR) is 93.8 cm³/mol. The second-order valence-electron chi connectivity index (χ2n) is 6.10. The van der Waals surface area contributed by atoms with E-state index in [0.717, 1.165) is 35.0 Å². The average molecular weight is 346 g/mol. The average Bonchev–Trinajstić information content (AvgIpc) is 2.86. The van der Waals surface area contributed by atoms with E-state index in [2.05, 4.69) is 11.9 Å². The van der Waals surface area contributed by atoms with Crippen LogP contribution in [0.3, 0.4) is 0 Å². The molecule has 2 aromatic heterocycles. The van der Waals surface area contributed by atoms with Crippen molar-refractivity contribution in [3.05, 3.63) is 55.6 Å². The number of thiophene rings is 1. The Balaban J connectivity index is 2.02. The Labute approximate surface area is 141 Å². The highest BCUT2D eigenvalue weighted by Gasteiger charge is 2.23. The van der Waals surface area contributed by atoms with E-state index in [9.17, 15) is 9.18 Å². The molecule has 0 aliphatic heterocycles. The lowest BCUT2D eigenvalue weighted by molar-refractivity contribution is 0.509. The van der Waals surface area contributed by atoms with Gasteiger partial charge in [0.1, 0.15) is 10.6 Å². The Hall–Kier alpha value is -1.79. The predicted octanol–water partition coefficient (Wildman–Crippen LogP) is 4.37. The summed E-state index contributed by atoms with van der Waals surface area (Å²) in [6.45, 7) is 2.24. The van der Waals surface area contributed by atoms with Crippen LogP contribution in [0.2, 0.25) is 0 Å². The molecule has 2 heterocycles. The standard InChI is InChI=1S/C17H15FN2OS2/c1-9-2-7-12-13(8-9)23-15-14(12)16(21)20(17(22)19-15)11-5-3-10(18)4-6-11/h3-6,9H,2,7-8H2,1H3,(H,19,22). The first-order valence-electron chi connectivity index (χ1n) is 7.60. The molecule has 0 spiro atoms. The Morgan fingerprint density at radius 3 is 2.83 bits per heavy atom. The van der Waals surface area contributed by atoms with Crippen LogP contribution in [0.25, 0.3) is 15.9 Å². The molecule has 1 aromatic carbocycles. The molecule has 0 amide bonds. The zero-order valence-corrected chi connectivity index (χ0v) is 14.2. The number of benzene rings is 1. The van der Waals surface area contributed by atoms with Crippen LogP contribution in [-0.4, -0.2) is 9.55 Å². The lowest BCUT2D eigenvalue weighted by Crippen LogP contribution is -2.21. The summed E-state index contributed by atoms with van der Waals surface area (Å²) >= 11 is 7.01. The Morgan fingerprint density at radius 1 is 1.35 bits per heavy atom. The van der Waals surface area contributed by atoms with Crippen LogP contribution in [0.15, 0.2) is 29.1 Å². The molecule has 4 rings (SSSR count). The van der Waals surface area contributed by atoms with Crippen molar-refractivity contribution in [3.63, 3.8) is 0 Å². The molecule has 6 heteroatoms. The number of halogens is 1. The van der Waals surface area contributed by atoms with Gasteiger partial charge in [-0.3, -0.25) is 9.36 Å². The van der Waals surface area contributed by atoms with Crippen molar-refractivity contribution in [3.8, 4) is 5.69 Å². The lowest BCUT2D eigenvalue weighted by Gasteiger charge is -2.17. The molecule has 0 bridgehead atoms. The van der Waals surface area contributed by atoms with Gasteiger partial charge in [0.15, 0.2) is 4.77 Å². The van der Waals surface area contributed by atoms with E-state index in [0.29, 0.717) is 16.4 Å². The molecule has 23 heavy (non-hydrogen) atoms. The summed E-state index contributed by atoms with van der Waals surface area (Å²) < 4.78 is 15.0. The first-order valence-corrected chi connectivity index (χ1v) is 8.82. The molecule has 1 atom stereocenters. The van der Waals surface area contributed by atoms with Gasteiger partial charge in [0, 0.05) is 4.88 Å². The maximum absolute atomic E-state index is 13.1. The van der Waals surface area contributed by atoms with E-state index in [1.807, 2.05) is 0 Å². The third-order valence-electron chi connectivity index (χ3n) is 4.44. The summed E-state index contributed by atoms with van der Waals surface area (Å²) in [5, 5.41) is 0.745. The Morgan fingerprint density at radius 2 is 2.09 bits per heavy atom. The summed E-state index contributed by atoms with van der Waals surface area (Å²) in [6, 6.07) is 5.83. The van der Waals surface area contributed by atoms with E-state index < -0.39 is 0 Å². The number of nitrogens with one attached hydrogen (secondary N) is 1. The van der Waals surface area contributed by atoms with Gasteiger partial charge in [-0.1, -0.05) is 6.92 Å². The van der Waals surface area contributed by atoms with Crippen LogP contribution in [0.5, 0.6) is 0 Å². The van der Waals surface area contributed by atoms with Gasteiger partial charge in [-0.15, -0.1) is 11.3 Å². The number of aromatic amines is 1.